The van der Waals surface area contributed by atoms with E-state index in [0.29, 0.717) is 64.4 Å². The topological polar surface area (TPSA) is 98.8 Å². The monoisotopic (exact) mass is 438 g/mol. The first-order valence-electron chi connectivity index (χ1n) is 11.1. The molecular formula is C22H26N6O4. The van der Waals surface area contributed by atoms with Gasteiger partial charge in [0.2, 0.25) is 11.7 Å². The molecule has 6 rings (SSSR count). The largest absolute Gasteiger partial charge is 0.380 e. The molecule has 10 heteroatoms. The maximum absolute atomic E-state index is 12.9. The number of rotatable bonds is 4. The molecular weight excluding hydrogens is 412 g/mol. The van der Waals surface area contributed by atoms with Crippen LogP contribution in [-0.2, 0) is 14.3 Å². The molecule has 0 spiro atoms. The van der Waals surface area contributed by atoms with Gasteiger partial charge in [0, 0.05) is 43.7 Å². The van der Waals surface area contributed by atoms with E-state index in [-0.39, 0.29) is 11.9 Å². The minimum Gasteiger partial charge on any atom is -0.380 e. The minimum atomic E-state index is -0.392. The number of piperazine rings is 1. The van der Waals surface area contributed by atoms with Crippen molar-refractivity contribution in [3.8, 4) is 11.4 Å². The van der Waals surface area contributed by atoms with Crippen molar-refractivity contribution in [3.05, 3.63) is 24.4 Å². The number of fused-ring (bicyclic) bond motifs is 1. The van der Waals surface area contributed by atoms with E-state index < -0.39 is 5.41 Å². The molecule has 1 atom stereocenters. The Labute approximate surface area is 185 Å². The summed E-state index contributed by atoms with van der Waals surface area (Å²) in [4.78, 5) is 21.5. The van der Waals surface area contributed by atoms with Gasteiger partial charge in [-0.15, -0.1) is 0 Å². The average molecular weight is 438 g/mol. The molecule has 1 amide bonds. The van der Waals surface area contributed by atoms with Gasteiger partial charge in [-0.05, 0) is 19.4 Å². The number of amides is 1. The number of hydrogen-bond donors (Lipinski definition) is 0. The molecule has 1 unspecified atom stereocenters. The van der Waals surface area contributed by atoms with E-state index in [1.54, 1.807) is 0 Å². The Hall–Kier alpha value is -2.98. The van der Waals surface area contributed by atoms with E-state index in [1.165, 1.54) is 0 Å². The number of benzene rings is 1. The van der Waals surface area contributed by atoms with Crippen molar-refractivity contribution in [2.45, 2.75) is 19.4 Å². The Morgan fingerprint density at radius 2 is 2.00 bits per heavy atom. The van der Waals surface area contributed by atoms with Crippen LogP contribution in [0.2, 0.25) is 0 Å². The molecule has 0 aliphatic carbocycles. The van der Waals surface area contributed by atoms with Crippen LogP contribution in [0.3, 0.4) is 0 Å². The number of anilines is 1. The summed E-state index contributed by atoms with van der Waals surface area (Å²) in [6.07, 6.45) is 2.66. The van der Waals surface area contributed by atoms with Gasteiger partial charge in [-0.1, -0.05) is 17.3 Å². The SMILES string of the molecule is CC1(C(=O)N2CCN(c3nc(-c4ccc5cnn(C6COC6)c5c4)no3)CC2)CCOC1. The van der Waals surface area contributed by atoms with Gasteiger partial charge >= 0.3 is 6.01 Å². The first kappa shape index (κ1) is 19.7. The van der Waals surface area contributed by atoms with E-state index >= 15 is 0 Å². The van der Waals surface area contributed by atoms with Crippen molar-refractivity contribution >= 4 is 22.8 Å². The molecule has 0 N–H and O–H groups in total. The number of ether oxygens (including phenoxy) is 2. The molecule has 3 fully saturated rings. The fourth-order valence-electron chi connectivity index (χ4n) is 4.61. The Balaban J connectivity index is 1.16. The summed E-state index contributed by atoms with van der Waals surface area (Å²) in [5.74, 6) is 0.733. The van der Waals surface area contributed by atoms with Gasteiger partial charge in [-0.3, -0.25) is 9.48 Å². The Bertz CT molecular complexity index is 1140. The molecule has 3 aliphatic rings. The second kappa shape index (κ2) is 7.56. The van der Waals surface area contributed by atoms with Crippen molar-refractivity contribution in [3.63, 3.8) is 0 Å². The fraction of sp³-hybridized carbons (Fsp3) is 0.545. The highest BCUT2D eigenvalue weighted by atomic mass is 16.5. The standard InChI is InChI=1S/C22H26N6O4/c1-22(4-9-30-14-22)20(29)26-5-7-27(8-6-26)21-24-19(25-32-21)15-2-3-16-11-23-28(18(16)10-15)17-12-31-13-17/h2-3,10-11,17H,4-9,12-14H2,1H3. The maximum Gasteiger partial charge on any atom is 0.324 e. The highest BCUT2D eigenvalue weighted by molar-refractivity contribution is 5.84. The van der Waals surface area contributed by atoms with Crippen LogP contribution in [0.25, 0.3) is 22.3 Å². The summed E-state index contributed by atoms with van der Waals surface area (Å²) < 4.78 is 18.4. The smallest absolute Gasteiger partial charge is 0.324 e. The molecule has 3 aromatic rings. The van der Waals surface area contributed by atoms with Gasteiger partial charge in [0.15, 0.2) is 0 Å². The zero-order valence-corrected chi connectivity index (χ0v) is 18.1. The minimum absolute atomic E-state index is 0.183. The lowest BCUT2D eigenvalue weighted by molar-refractivity contribution is -0.141. The summed E-state index contributed by atoms with van der Waals surface area (Å²) in [6, 6.07) is 6.84. The van der Waals surface area contributed by atoms with Crippen LogP contribution in [0.4, 0.5) is 6.01 Å². The van der Waals surface area contributed by atoms with Crippen molar-refractivity contribution in [1.29, 1.82) is 0 Å². The van der Waals surface area contributed by atoms with Crippen LogP contribution < -0.4 is 4.90 Å². The molecule has 3 aliphatic heterocycles. The lowest BCUT2D eigenvalue weighted by Gasteiger charge is -2.37. The summed E-state index contributed by atoms with van der Waals surface area (Å²) in [7, 11) is 0. The molecule has 3 saturated heterocycles. The van der Waals surface area contributed by atoms with Gasteiger partial charge in [0.05, 0.1) is 43.0 Å². The van der Waals surface area contributed by atoms with Crippen molar-refractivity contribution in [1.82, 2.24) is 24.8 Å². The molecule has 168 valence electrons. The molecule has 5 heterocycles. The lowest BCUT2D eigenvalue weighted by atomic mass is 9.88. The van der Waals surface area contributed by atoms with Gasteiger partial charge in [-0.25, -0.2) is 0 Å². The highest BCUT2D eigenvalue weighted by Crippen LogP contribution is 2.31. The molecule has 2 aromatic heterocycles. The van der Waals surface area contributed by atoms with Gasteiger partial charge in [0.1, 0.15) is 0 Å². The third-order valence-electron chi connectivity index (χ3n) is 6.81. The van der Waals surface area contributed by atoms with Crippen LogP contribution in [0.5, 0.6) is 0 Å². The predicted molar refractivity (Wildman–Crippen MR) is 115 cm³/mol. The molecule has 32 heavy (non-hydrogen) atoms. The molecule has 0 radical (unpaired) electrons. The van der Waals surface area contributed by atoms with E-state index in [1.807, 2.05) is 39.7 Å². The van der Waals surface area contributed by atoms with Gasteiger partial charge in [-0.2, -0.15) is 10.1 Å². The Morgan fingerprint density at radius 3 is 2.72 bits per heavy atom. The first-order chi connectivity index (χ1) is 15.6. The third-order valence-corrected chi connectivity index (χ3v) is 6.81. The molecule has 1 aromatic carbocycles. The van der Waals surface area contributed by atoms with Crippen molar-refractivity contribution in [2.75, 3.05) is 57.5 Å². The van der Waals surface area contributed by atoms with Gasteiger partial charge < -0.3 is 23.8 Å². The Morgan fingerprint density at radius 1 is 1.16 bits per heavy atom. The van der Waals surface area contributed by atoms with Crippen molar-refractivity contribution in [2.24, 2.45) is 5.41 Å². The van der Waals surface area contributed by atoms with Crippen LogP contribution >= 0.6 is 0 Å². The molecule has 10 nitrogen and oxygen atoms in total. The van der Waals surface area contributed by atoms with Crippen LogP contribution in [-0.4, -0.2) is 83.3 Å². The average Bonchev–Trinajstić information content (AvgIpc) is 3.53. The van der Waals surface area contributed by atoms with Crippen molar-refractivity contribution < 1.29 is 18.8 Å². The molecule has 0 bridgehead atoms. The quantitative estimate of drug-likeness (QED) is 0.607. The van der Waals surface area contributed by atoms with E-state index in [9.17, 15) is 4.79 Å². The zero-order chi connectivity index (χ0) is 21.7. The lowest BCUT2D eigenvalue weighted by Crippen LogP contribution is -2.53. The summed E-state index contributed by atoms with van der Waals surface area (Å²) >= 11 is 0. The summed E-state index contributed by atoms with van der Waals surface area (Å²) in [6.45, 7) is 7.16. The van der Waals surface area contributed by atoms with E-state index in [4.69, 9.17) is 14.0 Å². The second-order valence-electron chi connectivity index (χ2n) is 9.10. The van der Waals surface area contributed by atoms with Gasteiger partial charge in [0.25, 0.3) is 0 Å². The number of nitrogens with zero attached hydrogens (tertiary/aromatic N) is 6. The number of hydrogen-bond acceptors (Lipinski definition) is 8. The summed E-state index contributed by atoms with van der Waals surface area (Å²) in [5.41, 5.74) is 1.53. The fourth-order valence-corrected chi connectivity index (χ4v) is 4.61. The second-order valence-corrected chi connectivity index (χ2v) is 9.10. The van der Waals surface area contributed by atoms with Crippen LogP contribution in [0.15, 0.2) is 28.9 Å². The molecule has 0 saturated carbocycles. The van der Waals surface area contributed by atoms with Crippen LogP contribution in [0, 0.1) is 5.41 Å². The zero-order valence-electron chi connectivity index (χ0n) is 18.1. The number of carbonyl (C=O) groups excluding carboxylic acids is 1. The number of carbonyl (C=O) groups is 1. The van der Waals surface area contributed by atoms with Crippen LogP contribution in [0.1, 0.15) is 19.4 Å². The maximum atomic E-state index is 12.9. The Kier molecular flexibility index (Phi) is 4.65. The summed E-state index contributed by atoms with van der Waals surface area (Å²) in [5, 5.41) is 9.80. The van der Waals surface area contributed by atoms with E-state index in [0.717, 1.165) is 22.9 Å². The normalized spacial score (nSPS) is 24.3. The third kappa shape index (κ3) is 3.25. The highest BCUT2D eigenvalue weighted by Gasteiger charge is 2.41. The number of aromatic nitrogens is 4. The van der Waals surface area contributed by atoms with E-state index in [2.05, 4.69) is 21.3 Å². The first-order valence-corrected chi connectivity index (χ1v) is 11.1. The predicted octanol–water partition coefficient (Wildman–Crippen LogP) is 1.73.